The van der Waals surface area contributed by atoms with Crippen LogP contribution in [-0.2, 0) is 21.2 Å². The van der Waals surface area contributed by atoms with Gasteiger partial charge in [0.2, 0.25) is 5.91 Å². The van der Waals surface area contributed by atoms with Crippen molar-refractivity contribution in [1.29, 1.82) is 0 Å². The number of rotatable bonds is 8. The average molecular weight is 484 g/mol. The summed E-state index contributed by atoms with van der Waals surface area (Å²) in [4.78, 5) is 15.7. The Balaban J connectivity index is 1.48. The standard InChI is InChI=1S/C24H22ClN3O4S/c1-32-22-12-11-19(14-23(22)33(30,31)28-18-9-7-17(25)8-10-18)27-24(29)13-6-16-15-26-21-5-3-2-4-20(16)21/h2-5,7-12,14-15,26,28H,6,13H2,1H3,(H,27,29). The van der Waals surface area contributed by atoms with Crippen LogP contribution in [0.15, 0.2) is 77.8 Å². The summed E-state index contributed by atoms with van der Waals surface area (Å²) in [5.41, 5.74) is 2.78. The van der Waals surface area contributed by atoms with Gasteiger partial charge < -0.3 is 15.0 Å². The third-order valence-corrected chi connectivity index (χ3v) is 6.78. The van der Waals surface area contributed by atoms with Crippen LogP contribution in [-0.4, -0.2) is 26.4 Å². The number of anilines is 2. The van der Waals surface area contributed by atoms with E-state index in [-0.39, 0.29) is 23.0 Å². The van der Waals surface area contributed by atoms with Crippen molar-refractivity contribution in [1.82, 2.24) is 4.98 Å². The second kappa shape index (κ2) is 9.56. The molecule has 0 fully saturated rings. The quantitative estimate of drug-likeness (QED) is 0.320. The summed E-state index contributed by atoms with van der Waals surface area (Å²) in [6.07, 6.45) is 2.70. The lowest BCUT2D eigenvalue weighted by molar-refractivity contribution is -0.116. The highest BCUT2D eigenvalue weighted by Crippen LogP contribution is 2.29. The van der Waals surface area contributed by atoms with Gasteiger partial charge in [0.1, 0.15) is 10.6 Å². The van der Waals surface area contributed by atoms with Crippen molar-refractivity contribution in [2.24, 2.45) is 0 Å². The fourth-order valence-corrected chi connectivity index (χ4v) is 4.88. The van der Waals surface area contributed by atoms with Crippen LogP contribution < -0.4 is 14.8 Å². The molecule has 0 aliphatic heterocycles. The molecule has 0 aliphatic rings. The van der Waals surface area contributed by atoms with Gasteiger partial charge in [0.25, 0.3) is 10.0 Å². The molecule has 0 radical (unpaired) electrons. The molecule has 3 N–H and O–H groups in total. The maximum atomic E-state index is 13.0. The van der Waals surface area contributed by atoms with Crippen LogP contribution in [0.3, 0.4) is 0 Å². The zero-order valence-corrected chi connectivity index (χ0v) is 19.3. The third-order valence-electron chi connectivity index (χ3n) is 5.13. The van der Waals surface area contributed by atoms with E-state index in [2.05, 4.69) is 15.0 Å². The SMILES string of the molecule is COc1ccc(NC(=O)CCc2c[nH]c3ccccc23)cc1S(=O)(=O)Nc1ccc(Cl)cc1. The Morgan fingerprint density at radius 3 is 2.52 bits per heavy atom. The van der Waals surface area contributed by atoms with Gasteiger partial charge in [-0.3, -0.25) is 9.52 Å². The average Bonchev–Trinajstić information content (AvgIpc) is 3.22. The Labute approximate surface area is 196 Å². The molecule has 0 atom stereocenters. The fraction of sp³-hybridized carbons (Fsp3) is 0.125. The number of para-hydroxylation sites is 1. The number of aromatic amines is 1. The largest absolute Gasteiger partial charge is 0.495 e. The van der Waals surface area contributed by atoms with Gasteiger partial charge in [-0.05, 0) is 60.5 Å². The number of nitrogens with one attached hydrogen (secondary N) is 3. The molecule has 170 valence electrons. The third kappa shape index (κ3) is 5.30. The summed E-state index contributed by atoms with van der Waals surface area (Å²) in [6, 6.07) is 18.7. The molecule has 7 nitrogen and oxygen atoms in total. The normalized spacial score (nSPS) is 11.3. The number of carbonyl (C=O) groups is 1. The molecule has 1 heterocycles. The molecule has 4 rings (SSSR count). The van der Waals surface area contributed by atoms with Crippen LogP contribution in [0.1, 0.15) is 12.0 Å². The minimum atomic E-state index is -3.97. The van der Waals surface area contributed by atoms with Crippen molar-refractivity contribution in [3.05, 3.63) is 83.5 Å². The number of benzene rings is 3. The molecular weight excluding hydrogens is 462 g/mol. The van der Waals surface area contributed by atoms with Crippen molar-refractivity contribution in [3.63, 3.8) is 0 Å². The number of fused-ring (bicyclic) bond motifs is 1. The lowest BCUT2D eigenvalue weighted by atomic mass is 10.1. The van der Waals surface area contributed by atoms with Gasteiger partial charge in [0, 0.05) is 39.9 Å². The van der Waals surface area contributed by atoms with E-state index in [0.29, 0.717) is 22.8 Å². The summed E-state index contributed by atoms with van der Waals surface area (Å²) < 4.78 is 33.7. The van der Waals surface area contributed by atoms with Crippen LogP contribution in [0.25, 0.3) is 10.9 Å². The molecular formula is C24H22ClN3O4S. The molecule has 1 aromatic heterocycles. The van der Waals surface area contributed by atoms with Gasteiger partial charge in [-0.15, -0.1) is 0 Å². The van der Waals surface area contributed by atoms with Crippen molar-refractivity contribution >= 4 is 49.8 Å². The van der Waals surface area contributed by atoms with Crippen molar-refractivity contribution in [2.45, 2.75) is 17.7 Å². The number of sulfonamides is 1. The predicted molar refractivity (Wildman–Crippen MR) is 131 cm³/mol. The van der Waals surface area contributed by atoms with Crippen molar-refractivity contribution in [3.8, 4) is 5.75 Å². The molecule has 4 aromatic rings. The number of methoxy groups -OCH3 is 1. The molecule has 0 spiro atoms. The number of carbonyl (C=O) groups excluding carboxylic acids is 1. The number of hydrogen-bond acceptors (Lipinski definition) is 4. The van der Waals surface area contributed by atoms with Crippen LogP contribution in [0, 0.1) is 0 Å². The smallest absolute Gasteiger partial charge is 0.265 e. The summed E-state index contributed by atoms with van der Waals surface area (Å²) in [6.45, 7) is 0. The van der Waals surface area contributed by atoms with E-state index >= 15 is 0 Å². The molecule has 0 unspecified atom stereocenters. The first-order valence-corrected chi connectivity index (χ1v) is 12.0. The maximum Gasteiger partial charge on any atom is 0.265 e. The minimum absolute atomic E-state index is 0.0885. The number of amides is 1. The highest BCUT2D eigenvalue weighted by Gasteiger charge is 2.21. The molecule has 1 amide bonds. The second-order valence-corrected chi connectivity index (χ2v) is 9.47. The molecule has 0 aliphatic carbocycles. The Bertz CT molecular complexity index is 1400. The molecule has 0 bridgehead atoms. The molecule has 9 heteroatoms. The van der Waals surface area contributed by atoms with Crippen LogP contribution >= 0.6 is 11.6 Å². The van der Waals surface area contributed by atoms with E-state index in [1.165, 1.54) is 19.2 Å². The second-order valence-electron chi connectivity index (χ2n) is 7.39. The number of halogens is 1. The van der Waals surface area contributed by atoms with Crippen LogP contribution in [0.5, 0.6) is 5.75 Å². The lowest BCUT2D eigenvalue weighted by Gasteiger charge is -2.14. The molecule has 33 heavy (non-hydrogen) atoms. The Morgan fingerprint density at radius 2 is 1.76 bits per heavy atom. The lowest BCUT2D eigenvalue weighted by Crippen LogP contribution is -2.16. The molecule has 3 aromatic carbocycles. The Morgan fingerprint density at radius 1 is 1.03 bits per heavy atom. The fourth-order valence-electron chi connectivity index (χ4n) is 3.50. The van der Waals surface area contributed by atoms with Gasteiger partial charge >= 0.3 is 0 Å². The van der Waals surface area contributed by atoms with Gasteiger partial charge in [0.05, 0.1) is 7.11 Å². The number of aromatic nitrogens is 1. The van der Waals surface area contributed by atoms with Crippen LogP contribution in [0.4, 0.5) is 11.4 Å². The summed E-state index contributed by atoms with van der Waals surface area (Å²) >= 11 is 5.86. The summed E-state index contributed by atoms with van der Waals surface area (Å²) in [5.74, 6) is -0.0623. The number of aryl methyl sites for hydroxylation is 1. The van der Waals surface area contributed by atoms with E-state index in [1.54, 1.807) is 30.3 Å². The first-order chi connectivity index (χ1) is 15.9. The number of hydrogen-bond donors (Lipinski definition) is 3. The van der Waals surface area contributed by atoms with Crippen molar-refractivity contribution < 1.29 is 17.9 Å². The highest BCUT2D eigenvalue weighted by atomic mass is 35.5. The first-order valence-electron chi connectivity index (χ1n) is 10.2. The summed E-state index contributed by atoms with van der Waals surface area (Å²) in [5, 5.41) is 4.35. The van der Waals surface area contributed by atoms with E-state index in [0.717, 1.165) is 16.5 Å². The van der Waals surface area contributed by atoms with E-state index in [4.69, 9.17) is 16.3 Å². The number of H-pyrrole nitrogens is 1. The molecule has 0 saturated heterocycles. The highest BCUT2D eigenvalue weighted by molar-refractivity contribution is 7.92. The Hall–Kier alpha value is -3.49. The zero-order valence-electron chi connectivity index (χ0n) is 17.8. The topological polar surface area (TPSA) is 100 Å². The van der Waals surface area contributed by atoms with Gasteiger partial charge in [0.15, 0.2) is 0 Å². The van der Waals surface area contributed by atoms with Gasteiger partial charge in [-0.2, -0.15) is 0 Å². The van der Waals surface area contributed by atoms with Gasteiger partial charge in [-0.1, -0.05) is 29.8 Å². The number of ether oxygens (including phenoxy) is 1. The minimum Gasteiger partial charge on any atom is -0.495 e. The van der Waals surface area contributed by atoms with E-state index in [1.807, 2.05) is 30.5 Å². The maximum absolute atomic E-state index is 13.0. The summed E-state index contributed by atoms with van der Waals surface area (Å²) in [7, 11) is -2.59. The molecule has 0 saturated carbocycles. The van der Waals surface area contributed by atoms with E-state index in [9.17, 15) is 13.2 Å². The zero-order chi connectivity index (χ0) is 23.4. The predicted octanol–water partition coefficient (Wildman–Crippen LogP) is 5.20. The van der Waals surface area contributed by atoms with E-state index < -0.39 is 10.0 Å². The monoisotopic (exact) mass is 483 g/mol. The van der Waals surface area contributed by atoms with Gasteiger partial charge in [-0.25, -0.2) is 8.42 Å². The first kappa shape index (κ1) is 22.7. The van der Waals surface area contributed by atoms with Crippen molar-refractivity contribution in [2.75, 3.05) is 17.1 Å². The van der Waals surface area contributed by atoms with Crippen LogP contribution in [0.2, 0.25) is 5.02 Å². The Kier molecular flexibility index (Phi) is 6.57.